The van der Waals surface area contributed by atoms with E-state index in [-0.39, 0.29) is 4.90 Å². The number of benzene rings is 2. The molecule has 0 unspecified atom stereocenters. The summed E-state index contributed by atoms with van der Waals surface area (Å²) in [6.07, 6.45) is 0. The van der Waals surface area contributed by atoms with Crippen molar-refractivity contribution in [1.29, 1.82) is 0 Å². The lowest BCUT2D eigenvalue weighted by molar-refractivity contribution is 0.601. The van der Waals surface area contributed by atoms with Crippen LogP contribution in [0.15, 0.2) is 51.8 Å². The van der Waals surface area contributed by atoms with E-state index in [0.29, 0.717) is 5.69 Å². The number of hydrogen-bond donors (Lipinski definition) is 1. The van der Waals surface area contributed by atoms with Crippen LogP contribution in [0.3, 0.4) is 0 Å². The first-order valence-corrected chi connectivity index (χ1v) is 8.02. The van der Waals surface area contributed by atoms with Crippen LogP contribution in [-0.4, -0.2) is 8.42 Å². The molecule has 0 heterocycles. The second-order valence-electron chi connectivity index (χ2n) is 4.34. The monoisotopic (exact) mass is 339 g/mol. The maximum atomic E-state index is 12.2. The summed E-state index contributed by atoms with van der Waals surface area (Å²) in [4.78, 5) is 0.258. The number of anilines is 1. The van der Waals surface area contributed by atoms with Gasteiger partial charge in [0.1, 0.15) is 0 Å². The van der Waals surface area contributed by atoms with Crippen LogP contribution in [-0.2, 0) is 10.0 Å². The maximum absolute atomic E-state index is 12.2. The Morgan fingerprint density at radius 2 is 1.53 bits per heavy atom. The van der Waals surface area contributed by atoms with Gasteiger partial charge in [0, 0.05) is 10.2 Å². The summed E-state index contributed by atoms with van der Waals surface area (Å²) in [7, 11) is -3.53. The van der Waals surface area contributed by atoms with Gasteiger partial charge in [-0.3, -0.25) is 4.72 Å². The maximum Gasteiger partial charge on any atom is 0.261 e. The molecule has 0 bridgehead atoms. The van der Waals surface area contributed by atoms with Crippen LogP contribution in [0.2, 0.25) is 0 Å². The molecule has 0 saturated heterocycles. The molecule has 0 atom stereocenters. The number of sulfonamides is 1. The van der Waals surface area contributed by atoms with Crippen molar-refractivity contribution in [3.63, 3.8) is 0 Å². The molecule has 0 aliphatic rings. The molecule has 19 heavy (non-hydrogen) atoms. The normalized spacial score (nSPS) is 11.3. The Balaban J connectivity index is 2.37. The molecule has 0 fully saturated rings. The van der Waals surface area contributed by atoms with E-state index in [1.165, 1.54) is 0 Å². The molecule has 1 N–H and O–H groups in total. The van der Waals surface area contributed by atoms with Crippen molar-refractivity contribution < 1.29 is 8.42 Å². The van der Waals surface area contributed by atoms with Gasteiger partial charge in [0.05, 0.1) is 4.90 Å². The van der Waals surface area contributed by atoms with E-state index in [9.17, 15) is 8.42 Å². The molecule has 5 heteroatoms. The Labute approximate surface area is 121 Å². The number of nitrogens with one attached hydrogen (secondary N) is 1. The molecule has 3 nitrogen and oxygen atoms in total. The van der Waals surface area contributed by atoms with E-state index in [4.69, 9.17) is 0 Å². The summed E-state index contributed by atoms with van der Waals surface area (Å²) in [6, 6.07) is 11.9. The lowest BCUT2D eigenvalue weighted by Crippen LogP contribution is -2.13. The standard InChI is InChI=1S/C14H14BrNO2S/c1-10-8-12(9-11(2)14(10)15)16-19(17,18)13-6-4-3-5-7-13/h3-9,16H,1-2H3. The van der Waals surface area contributed by atoms with Gasteiger partial charge in [-0.15, -0.1) is 0 Å². The Kier molecular flexibility index (Phi) is 3.96. The third-order valence-electron chi connectivity index (χ3n) is 2.74. The summed E-state index contributed by atoms with van der Waals surface area (Å²) in [6.45, 7) is 3.86. The van der Waals surface area contributed by atoms with Crippen LogP contribution in [0, 0.1) is 13.8 Å². The van der Waals surface area contributed by atoms with Crippen LogP contribution >= 0.6 is 15.9 Å². The van der Waals surface area contributed by atoms with Crippen molar-refractivity contribution in [3.8, 4) is 0 Å². The predicted octanol–water partition coefficient (Wildman–Crippen LogP) is 3.87. The molecule has 2 aromatic carbocycles. The minimum Gasteiger partial charge on any atom is -0.280 e. The SMILES string of the molecule is Cc1cc(NS(=O)(=O)c2ccccc2)cc(C)c1Br. The van der Waals surface area contributed by atoms with E-state index in [2.05, 4.69) is 20.7 Å². The molecule has 0 aliphatic heterocycles. The van der Waals surface area contributed by atoms with Gasteiger partial charge in [-0.1, -0.05) is 34.1 Å². The highest BCUT2D eigenvalue weighted by molar-refractivity contribution is 9.10. The molecule has 0 amide bonds. The number of halogens is 1. The Morgan fingerprint density at radius 3 is 2.05 bits per heavy atom. The van der Waals surface area contributed by atoms with Gasteiger partial charge in [-0.05, 0) is 49.2 Å². The zero-order valence-electron chi connectivity index (χ0n) is 10.6. The lowest BCUT2D eigenvalue weighted by atomic mass is 10.1. The largest absolute Gasteiger partial charge is 0.280 e. The first kappa shape index (κ1) is 14.1. The van der Waals surface area contributed by atoms with Crippen LogP contribution in [0.25, 0.3) is 0 Å². The highest BCUT2D eigenvalue weighted by Gasteiger charge is 2.14. The molecule has 0 aliphatic carbocycles. The molecule has 0 aromatic heterocycles. The zero-order valence-corrected chi connectivity index (χ0v) is 13.0. The number of rotatable bonds is 3. The van der Waals surface area contributed by atoms with Crippen LogP contribution in [0.1, 0.15) is 11.1 Å². The second-order valence-corrected chi connectivity index (χ2v) is 6.82. The fraction of sp³-hybridized carbons (Fsp3) is 0.143. The molecular weight excluding hydrogens is 326 g/mol. The average molecular weight is 340 g/mol. The van der Waals surface area contributed by atoms with Gasteiger partial charge in [0.25, 0.3) is 10.0 Å². The van der Waals surface area contributed by atoms with Crippen molar-refractivity contribution in [2.24, 2.45) is 0 Å². The number of aryl methyl sites for hydroxylation is 2. The van der Waals surface area contributed by atoms with Crippen LogP contribution < -0.4 is 4.72 Å². The highest BCUT2D eigenvalue weighted by atomic mass is 79.9. The smallest absolute Gasteiger partial charge is 0.261 e. The first-order chi connectivity index (χ1) is 8.90. The highest BCUT2D eigenvalue weighted by Crippen LogP contribution is 2.26. The van der Waals surface area contributed by atoms with E-state index >= 15 is 0 Å². The van der Waals surface area contributed by atoms with E-state index in [0.717, 1.165) is 15.6 Å². The van der Waals surface area contributed by atoms with Crippen molar-refractivity contribution in [1.82, 2.24) is 0 Å². The average Bonchev–Trinajstić information content (AvgIpc) is 2.36. The van der Waals surface area contributed by atoms with E-state index in [1.807, 2.05) is 13.8 Å². The molecule has 100 valence electrons. The minimum atomic E-state index is -3.53. The topological polar surface area (TPSA) is 46.2 Å². The molecular formula is C14H14BrNO2S. The van der Waals surface area contributed by atoms with Gasteiger partial charge in [0.15, 0.2) is 0 Å². The number of hydrogen-bond acceptors (Lipinski definition) is 2. The molecule has 0 spiro atoms. The van der Waals surface area contributed by atoms with Gasteiger partial charge in [-0.25, -0.2) is 8.42 Å². The predicted molar refractivity (Wildman–Crippen MR) is 80.9 cm³/mol. The third-order valence-corrected chi connectivity index (χ3v) is 5.39. The molecule has 2 rings (SSSR count). The lowest BCUT2D eigenvalue weighted by Gasteiger charge is -2.11. The molecule has 0 saturated carbocycles. The van der Waals surface area contributed by atoms with Crippen LogP contribution in [0.5, 0.6) is 0 Å². The van der Waals surface area contributed by atoms with E-state index in [1.54, 1.807) is 42.5 Å². The quantitative estimate of drug-likeness (QED) is 0.922. The fourth-order valence-electron chi connectivity index (χ4n) is 1.82. The summed E-state index contributed by atoms with van der Waals surface area (Å²) < 4.78 is 28.0. The van der Waals surface area contributed by atoms with Gasteiger partial charge >= 0.3 is 0 Å². The van der Waals surface area contributed by atoms with Crippen molar-refractivity contribution in [3.05, 3.63) is 58.1 Å². The summed E-state index contributed by atoms with van der Waals surface area (Å²) in [5.41, 5.74) is 2.55. The molecule has 0 radical (unpaired) electrons. The summed E-state index contributed by atoms with van der Waals surface area (Å²) in [5.74, 6) is 0. The molecule has 2 aromatic rings. The van der Waals surface area contributed by atoms with Crippen molar-refractivity contribution in [2.75, 3.05) is 4.72 Å². The third kappa shape index (κ3) is 3.16. The second kappa shape index (κ2) is 5.35. The summed E-state index contributed by atoms with van der Waals surface area (Å²) in [5, 5.41) is 0. The van der Waals surface area contributed by atoms with E-state index < -0.39 is 10.0 Å². The minimum absolute atomic E-state index is 0.258. The van der Waals surface area contributed by atoms with Crippen LogP contribution in [0.4, 0.5) is 5.69 Å². The summed E-state index contributed by atoms with van der Waals surface area (Å²) >= 11 is 3.46. The van der Waals surface area contributed by atoms with Gasteiger partial charge in [0.2, 0.25) is 0 Å². The Hall–Kier alpha value is -1.33. The Bertz CT molecular complexity index is 674. The van der Waals surface area contributed by atoms with Gasteiger partial charge < -0.3 is 0 Å². The van der Waals surface area contributed by atoms with Crippen molar-refractivity contribution >= 4 is 31.6 Å². The Morgan fingerprint density at radius 1 is 1.00 bits per heavy atom. The van der Waals surface area contributed by atoms with Gasteiger partial charge in [-0.2, -0.15) is 0 Å². The zero-order chi connectivity index (χ0) is 14.0. The first-order valence-electron chi connectivity index (χ1n) is 5.75. The van der Waals surface area contributed by atoms with Crippen molar-refractivity contribution in [2.45, 2.75) is 18.7 Å². The fourth-order valence-corrected chi connectivity index (χ4v) is 3.11.